The first-order chi connectivity index (χ1) is 5.57. The van der Waals surface area contributed by atoms with Crippen molar-refractivity contribution < 1.29 is 4.79 Å². The van der Waals surface area contributed by atoms with Crippen LogP contribution < -0.4 is 0 Å². The van der Waals surface area contributed by atoms with Crippen LogP contribution in [0.2, 0.25) is 0 Å². The van der Waals surface area contributed by atoms with E-state index in [-0.39, 0.29) is 5.78 Å². The van der Waals surface area contributed by atoms with Crippen molar-refractivity contribution in [3.63, 3.8) is 0 Å². The van der Waals surface area contributed by atoms with Gasteiger partial charge in [-0.2, -0.15) is 0 Å². The van der Waals surface area contributed by atoms with Crippen LogP contribution in [0.5, 0.6) is 0 Å². The molecular weight excluding hydrogens is 168 g/mol. The molecule has 0 aromatic heterocycles. The number of hydrogen-bond donors (Lipinski definition) is 0. The predicted octanol–water partition coefficient (Wildman–Crippen LogP) is 3.26. The first-order valence-electron chi connectivity index (χ1n) is 4.39. The SMILES string of the molecule is CC/C(=C\SCC(C)C)C(C)=O. The van der Waals surface area contributed by atoms with Crippen LogP contribution in [0.3, 0.4) is 0 Å². The molecule has 0 aromatic rings. The molecule has 0 saturated heterocycles. The zero-order valence-electron chi connectivity index (χ0n) is 8.39. The van der Waals surface area contributed by atoms with Gasteiger partial charge in [0, 0.05) is 5.57 Å². The van der Waals surface area contributed by atoms with Crippen LogP contribution in [0, 0.1) is 5.92 Å². The molecule has 0 rings (SSSR count). The number of carbonyl (C=O) groups is 1. The summed E-state index contributed by atoms with van der Waals surface area (Å²) in [4.78, 5) is 11.0. The lowest BCUT2D eigenvalue weighted by Crippen LogP contribution is -1.95. The van der Waals surface area contributed by atoms with Gasteiger partial charge in [-0.1, -0.05) is 20.8 Å². The summed E-state index contributed by atoms with van der Waals surface area (Å²) in [6.07, 6.45) is 0.848. The van der Waals surface area contributed by atoms with Crippen LogP contribution in [0.25, 0.3) is 0 Å². The molecule has 0 radical (unpaired) electrons. The van der Waals surface area contributed by atoms with E-state index in [2.05, 4.69) is 13.8 Å². The molecule has 0 unspecified atom stereocenters. The van der Waals surface area contributed by atoms with E-state index in [4.69, 9.17) is 0 Å². The third-order valence-corrected chi connectivity index (χ3v) is 2.80. The fourth-order valence-corrected chi connectivity index (χ4v) is 1.77. The average Bonchev–Trinajstić information content (AvgIpc) is 1.96. The van der Waals surface area contributed by atoms with Crippen LogP contribution in [0.4, 0.5) is 0 Å². The summed E-state index contributed by atoms with van der Waals surface area (Å²) in [6, 6.07) is 0. The summed E-state index contributed by atoms with van der Waals surface area (Å²) in [5.74, 6) is 1.99. The zero-order valence-corrected chi connectivity index (χ0v) is 9.20. The normalized spacial score (nSPS) is 12.2. The van der Waals surface area contributed by atoms with E-state index in [1.807, 2.05) is 12.3 Å². The van der Waals surface area contributed by atoms with E-state index >= 15 is 0 Å². The molecule has 0 atom stereocenters. The highest BCUT2D eigenvalue weighted by atomic mass is 32.2. The van der Waals surface area contributed by atoms with Gasteiger partial charge in [0.15, 0.2) is 5.78 Å². The van der Waals surface area contributed by atoms with E-state index in [0.717, 1.165) is 17.7 Å². The monoisotopic (exact) mass is 186 g/mol. The minimum Gasteiger partial charge on any atom is -0.295 e. The molecule has 70 valence electrons. The highest BCUT2D eigenvalue weighted by molar-refractivity contribution is 8.02. The molecule has 2 heteroatoms. The lowest BCUT2D eigenvalue weighted by atomic mass is 10.2. The molecule has 0 fully saturated rings. The maximum atomic E-state index is 11.0. The Morgan fingerprint density at radius 1 is 1.50 bits per heavy atom. The molecule has 0 spiro atoms. The van der Waals surface area contributed by atoms with Crippen molar-refractivity contribution in [1.82, 2.24) is 0 Å². The van der Waals surface area contributed by atoms with Gasteiger partial charge in [0.2, 0.25) is 0 Å². The second-order valence-corrected chi connectivity index (χ2v) is 4.18. The molecule has 1 nitrogen and oxygen atoms in total. The fourth-order valence-electron chi connectivity index (χ4n) is 0.756. The number of allylic oxidation sites excluding steroid dienone is 1. The van der Waals surface area contributed by atoms with Gasteiger partial charge in [-0.3, -0.25) is 4.79 Å². The van der Waals surface area contributed by atoms with Gasteiger partial charge >= 0.3 is 0 Å². The molecule has 0 aliphatic carbocycles. The van der Waals surface area contributed by atoms with Crippen molar-refractivity contribution in [2.75, 3.05) is 5.75 Å². The van der Waals surface area contributed by atoms with Gasteiger partial charge in [0.25, 0.3) is 0 Å². The Morgan fingerprint density at radius 2 is 2.08 bits per heavy atom. The molecule has 0 aliphatic heterocycles. The number of carbonyl (C=O) groups excluding carboxylic acids is 1. The van der Waals surface area contributed by atoms with Crippen LogP contribution in [-0.2, 0) is 4.79 Å². The van der Waals surface area contributed by atoms with E-state index in [1.165, 1.54) is 0 Å². The second-order valence-electron chi connectivity index (χ2n) is 3.28. The van der Waals surface area contributed by atoms with Gasteiger partial charge in [0.05, 0.1) is 0 Å². The number of rotatable bonds is 5. The maximum Gasteiger partial charge on any atom is 0.156 e. The summed E-state index contributed by atoms with van der Waals surface area (Å²) in [7, 11) is 0. The maximum absolute atomic E-state index is 11.0. The van der Waals surface area contributed by atoms with Gasteiger partial charge in [-0.15, -0.1) is 11.8 Å². The zero-order chi connectivity index (χ0) is 9.56. The molecule has 0 saturated carbocycles. The van der Waals surface area contributed by atoms with E-state index in [1.54, 1.807) is 18.7 Å². The molecule has 0 bridgehead atoms. The minimum atomic E-state index is 0.203. The quantitative estimate of drug-likeness (QED) is 0.613. The Hall–Kier alpha value is -0.240. The van der Waals surface area contributed by atoms with Crippen molar-refractivity contribution in [3.05, 3.63) is 11.0 Å². The Kier molecular flexibility index (Phi) is 6.17. The summed E-state index contributed by atoms with van der Waals surface area (Å²) in [6.45, 7) is 8.01. The van der Waals surface area contributed by atoms with Crippen LogP contribution in [0.15, 0.2) is 11.0 Å². The largest absolute Gasteiger partial charge is 0.295 e. The Labute approximate surface area is 79.6 Å². The van der Waals surface area contributed by atoms with Crippen LogP contribution in [0.1, 0.15) is 34.1 Å². The van der Waals surface area contributed by atoms with Crippen molar-refractivity contribution in [2.45, 2.75) is 34.1 Å². The van der Waals surface area contributed by atoms with Crippen molar-refractivity contribution in [1.29, 1.82) is 0 Å². The molecule has 0 aromatic carbocycles. The topological polar surface area (TPSA) is 17.1 Å². The fraction of sp³-hybridized carbons (Fsp3) is 0.700. The first-order valence-corrected chi connectivity index (χ1v) is 5.44. The number of ketones is 1. The standard InChI is InChI=1S/C10H18OS/c1-5-10(9(4)11)7-12-6-8(2)3/h7-8H,5-6H2,1-4H3/b10-7+. The Morgan fingerprint density at radius 3 is 2.42 bits per heavy atom. The first kappa shape index (κ1) is 11.8. The van der Waals surface area contributed by atoms with Crippen molar-refractivity contribution in [2.24, 2.45) is 5.92 Å². The summed E-state index contributed by atoms with van der Waals surface area (Å²) in [5, 5.41) is 2.00. The molecular formula is C10H18OS. The molecule has 0 N–H and O–H groups in total. The predicted molar refractivity (Wildman–Crippen MR) is 56.4 cm³/mol. The van der Waals surface area contributed by atoms with Crippen LogP contribution >= 0.6 is 11.8 Å². The summed E-state index contributed by atoms with van der Waals surface area (Å²) >= 11 is 1.74. The Balaban J connectivity index is 3.87. The lowest BCUT2D eigenvalue weighted by Gasteiger charge is -2.01. The van der Waals surface area contributed by atoms with Crippen molar-refractivity contribution in [3.8, 4) is 0 Å². The van der Waals surface area contributed by atoms with E-state index in [0.29, 0.717) is 5.92 Å². The highest BCUT2D eigenvalue weighted by Crippen LogP contribution is 2.14. The number of thioether (sulfide) groups is 1. The van der Waals surface area contributed by atoms with Gasteiger partial charge < -0.3 is 0 Å². The minimum absolute atomic E-state index is 0.203. The summed E-state index contributed by atoms with van der Waals surface area (Å²) < 4.78 is 0. The van der Waals surface area contributed by atoms with E-state index in [9.17, 15) is 4.79 Å². The average molecular weight is 186 g/mol. The highest BCUT2D eigenvalue weighted by Gasteiger charge is 2.00. The number of hydrogen-bond acceptors (Lipinski definition) is 2. The lowest BCUT2D eigenvalue weighted by molar-refractivity contribution is -0.113. The van der Waals surface area contributed by atoms with Crippen LogP contribution in [-0.4, -0.2) is 11.5 Å². The van der Waals surface area contributed by atoms with Gasteiger partial charge in [-0.25, -0.2) is 0 Å². The van der Waals surface area contributed by atoms with Crippen molar-refractivity contribution >= 4 is 17.5 Å². The van der Waals surface area contributed by atoms with E-state index < -0.39 is 0 Å². The smallest absolute Gasteiger partial charge is 0.156 e. The Bertz CT molecular complexity index is 171. The summed E-state index contributed by atoms with van der Waals surface area (Å²) in [5.41, 5.74) is 0.945. The molecule has 12 heavy (non-hydrogen) atoms. The molecule has 0 heterocycles. The number of Topliss-reactive ketones (excluding diaryl/α,β-unsaturated/α-hetero) is 1. The van der Waals surface area contributed by atoms with Gasteiger partial charge in [0.1, 0.15) is 0 Å². The second kappa shape index (κ2) is 6.30. The van der Waals surface area contributed by atoms with Gasteiger partial charge in [-0.05, 0) is 30.4 Å². The third kappa shape index (κ3) is 5.42. The molecule has 0 amide bonds. The molecule has 0 aliphatic rings. The third-order valence-electron chi connectivity index (χ3n) is 1.49.